The van der Waals surface area contributed by atoms with E-state index in [1.807, 2.05) is 0 Å². The first-order chi connectivity index (χ1) is 9.56. The fourth-order valence-electron chi connectivity index (χ4n) is 3.17. The summed E-state index contributed by atoms with van der Waals surface area (Å²) in [7, 11) is 0. The second-order valence-electron chi connectivity index (χ2n) is 5.26. The number of phenolic OH excluding ortho intramolecular Hbond substituents is 1. The fraction of sp³-hybridized carbons (Fsp3) is 0.500. The molecule has 5 nitrogen and oxygen atoms in total. The van der Waals surface area contributed by atoms with Gasteiger partial charge in [0.05, 0.1) is 5.56 Å². The van der Waals surface area contributed by atoms with Gasteiger partial charge in [-0.15, -0.1) is 0 Å². The highest BCUT2D eigenvalue weighted by molar-refractivity contribution is 5.85. The van der Waals surface area contributed by atoms with Crippen LogP contribution in [-0.4, -0.2) is 23.0 Å². The largest absolute Gasteiger partial charge is 0.505 e. The molecule has 3 rings (SSSR count). The first-order valence-electron chi connectivity index (χ1n) is 6.61. The van der Waals surface area contributed by atoms with Gasteiger partial charge in [-0.3, -0.25) is 4.79 Å². The molecule has 20 heavy (non-hydrogen) atoms. The van der Waals surface area contributed by atoms with E-state index in [-0.39, 0.29) is 23.9 Å². The molecular weight excluding hydrogens is 267 g/mol. The Labute approximate surface area is 114 Å². The summed E-state index contributed by atoms with van der Waals surface area (Å²) in [4.78, 5) is 11.8. The molecule has 0 aromatic heterocycles. The van der Waals surface area contributed by atoms with Gasteiger partial charge in [0, 0.05) is 6.07 Å². The van der Waals surface area contributed by atoms with Crippen LogP contribution in [0.2, 0.25) is 0 Å². The maximum absolute atomic E-state index is 13.8. The summed E-state index contributed by atoms with van der Waals surface area (Å²) in [5.41, 5.74) is -1.28. The summed E-state index contributed by atoms with van der Waals surface area (Å²) >= 11 is 0. The van der Waals surface area contributed by atoms with Gasteiger partial charge in [-0.1, -0.05) is 19.3 Å². The van der Waals surface area contributed by atoms with Crippen molar-refractivity contribution in [2.45, 2.75) is 37.5 Å². The monoisotopic (exact) mass is 282 g/mol. The molecule has 0 radical (unpaired) electrons. The third kappa shape index (κ3) is 1.71. The minimum Gasteiger partial charge on any atom is -0.505 e. The van der Waals surface area contributed by atoms with Gasteiger partial charge in [-0.2, -0.15) is 0 Å². The highest BCUT2D eigenvalue weighted by Gasteiger charge is 2.47. The van der Waals surface area contributed by atoms with Crippen molar-refractivity contribution in [3.05, 3.63) is 17.4 Å². The summed E-state index contributed by atoms with van der Waals surface area (Å²) in [5.74, 6) is -2.26. The molecular formula is C14H15FO5. The van der Waals surface area contributed by atoms with Gasteiger partial charge in [0.1, 0.15) is 5.41 Å². The lowest BCUT2D eigenvalue weighted by atomic mass is 9.68. The molecule has 0 bridgehead atoms. The van der Waals surface area contributed by atoms with Crippen molar-refractivity contribution >= 4 is 5.97 Å². The minimum absolute atomic E-state index is 0.0252. The van der Waals surface area contributed by atoms with Crippen molar-refractivity contribution in [1.82, 2.24) is 0 Å². The van der Waals surface area contributed by atoms with Crippen molar-refractivity contribution in [2.24, 2.45) is 0 Å². The molecule has 0 unspecified atom stereocenters. The first kappa shape index (κ1) is 13.0. The van der Waals surface area contributed by atoms with Crippen LogP contribution in [0.3, 0.4) is 0 Å². The van der Waals surface area contributed by atoms with Gasteiger partial charge >= 0.3 is 5.97 Å². The third-order valence-electron chi connectivity index (χ3n) is 4.18. The van der Waals surface area contributed by atoms with E-state index in [4.69, 9.17) is 9.47 Å². The van der Waals surface area contributed by atoms with Gasteiger partial charge in [0.15, 0.2) is 23.1 Å². The van der Waals surface area contributed by atoms with Crippen molar-refractivity contribution in [2.75, 3.05) is 6.79 Å². The SMILES string of the molecule is O=C(O)C1(c2c(O)c(F)cc3c2OCO3)CCCCC1. The molecule has 108 valence electrons. The molecule has 1 aromatic rings. The molecule has 2 aliphatic rings. The molecule has 1 fully saturated rings. The quantitative estimate of drug-likeness (QED) is 0.871. The molecule has 0 atom stereocenters. The number of benzene rings is 1. The molecule has 1 aliphatic heterocycles. The Bertz CT molecular complexity index is 563. The average molecular weight is 282 g/mol. The van der Waals surface area contributed by atoms with Crippen LogP contribution < -0.4 is 9.47 Å². The number of halogens is 1. The maximum Gasteiger partial charge on any atom is 0.314 e. The fourth-order valence-corrected chi connectivity index (χ4v) is 3.17. The van der Waals surface area contributed by atoms with Gasteiger partial charge in [-0.25, -0.2) is 4.39 Å². The van der Waals surface area contributed by atoms with E-state index in [9.17, 15) is 19.4 Å². The topological polar surface area (TPSA) is 76.0 Å². The smallest absolute Gasteiger partial charge is 0.314 e. The number of carboxylic acid groups (broad SMARTS) is 1. The Balaban J connectivity index is 2.24. The van der Waals surface area contributed by atoms with Crippen LogP contribution in [0.5, 0.6) is 17.2 Å². The van der Waals surface area contributed by atoms with Crippen molar-refractivity contribution in [3.63, 3.8) is 0 Å². The number of hydrogen-bond acceptors (Lipinski definition) is 4. The summed E-state index contributed by atoms with van der Waals surface area (Å²) in [6.45, 7) is -0.0963. The van der Waals surface area contributed by atoms with Gasteiger partial charge in [0.2, 0.25) is 6.79 Å². The molecule has 2 N–H and O–H groups in total. The van der Waals surface area contributed by atoms with Crippen LogP contribution in [0.25, 0.3) is 0 Å². The Kier molecular flexibility index (Phi) is 2.96. The third-order valence-corrected chi connectivity index (χ3v) is 4.18. The minimum atomic E-state index is -1.30. The Morgan fingerprint density at radius 2 is 1.95 bits per heavy atom. The predicted molar refractivity (Wildman–Crippen MR) is 66.6 cm³/mol. The van der Waals surface area contributed by atoms with E-state index < -0.39 is 23.0 Å². The molecule has 1 heterocycles. The van der Waals surface area contributed by atoms with Crippen LogP contribution in [0.4, 0.5) is 4.39 Å². The van der Waals surface area contributed by atoms with Crippen LogP contribution in [0.1, 0.15) is 37.7 Å². The first-order valence-corrected chi connectivity index (χ1v) is 6.61. The van der Waals surface area contributed by atoms with E-state index in [1.54, 1.807) is 0 Å². The standard InChI is InChI=1S/C14H15FO5/c15-8-6-9-12(20-7-19-9)10(11(8)16)14(13(17)18)4-2-1-3-5-14/h6,16H,1-5,7H2,(H,17,18). The lowest BCUT2D eigenvalue weighted by Crippen LogP contribution is -2.38. The lowest BCUT2D eigenvalue weighted by Gasteiger charge is -2.34. The van der Waals surface area contributed by atoms with E-state index in [1.165, 1.54) is 0 Å². The zero-order valence-electron chi connectivity index (χ0n) is 10.8. The molecule has 6 heteroatoms. The Morgan fingerprint density at radius 3 is 2.60 bits per heavy atom. The summed E-state index contributed by atoms with van der Waals surface area (Å²) in [6.07, 6.45) is 3.09. The van der Waals surface area contributed by atoms with Crippen molar-refractivity contribution in [3.8, 4) is 17.2 Å². The second kappa shape index (κ2) is 4.54. The number of fused-ring (bicyclic) bond motifs is 1. The predicted octanol–water partition coefficient (Wildman–Crippen LogP) is 2.55. The number of aromatic hydroxyl groups is 1. The number of hydrogen-bond donors (Lipinski definition) is 2. The van der Waals surface area contributed by atoms with E-state index in [0.29, 0.717) is 12.8 Å². The summed E-state index contributed by atoms with van der Waals surface area (Å²) in [6, 6.07) is 1.03. The molecule has 1 aliphatic carbocycles. The molecule has 0 saturated heterocycles. The van der Waals surface area contributed by atoms with Gasteiger partial charge in [-0.05, 0) is 12.8 Å². The number of aliphatic carboxylic acids is 1. The van der Waals surface area contributed by atoms with E-state index >= 15 is 0 Å². The zero-order chi connectivity index (χ0) is 14.3. The number of phenols is 1. The average Bonchev–Trinajstić information content (AvgIpc) is 2.88. The lowest BCUT2D eigenvalue weighted by molar-refractivity contribution is -0.145. The van der Waals surface area contributed by atoms with Crippen LogP contribution in [0.15, 0.2) is 6.07 Å². The molecule has 1 aromatic carbocycles. The van der Waals surface area contributed by atoms with Gasteiger partial charge in [0.25, 0.3) is 0 Å². The van der Waals surface area contributed by atoms with Crippen molar-refractivity contribution in [1.29, 1.82) is 0 Å². The van der Waals surface area contributed by atoms with Crippen molar-refractivity contribution < 1.29 is 28.9 Å². The Hall–Kier alpha value is -1.98. The van der Waals surface area contributed by atoms with Crippen LogP contribution in [0, 0.1) is 5.82 Å². The van der Waals surface area contributed by atoms with E-state index in [0.717, 1.165) is 25.3 Å². The normalized spacial score (nSPS) is 19.9. The number of ether oxygens (including phenoxy) is 2. The molecule has 1 saturated carbocycles. The highest BCUT2D eigenvalue weighted by Crippen LogP contribution is 2.52. The Morgan fingerprint density at radius 1 is 1.25 bits per heavy atom. The van der Waals surface area contributed by atoms with Crippen LogP contribution in [-0.2, 0) is 10.2 Å². The summed E-state index contributed by atoms with van der Waals surface area (Å²) < 4.78 is 24.3. The number of rotatable bonds is 2. The number of carbonyl (C=O) groups is 1. The summed E-state index contributed by atoms with van der Waals surface area (Å²) in [5, 5.41) is 19.7. The molecule has 0 spiro atoms. The van der Waals surface area contributed by atoms with E-state index in [2.05, 4.69) is 0 Å². The zero-order valence-corrected chi connectivity index (χ0v) is 10.8. The molecule has 0 amide bonds. The second-order valence-corrected chi connectivity index (χ2v) is 5.26. The van der Waals surface area contributed by atoms with Gasteiger partial charge < -0.3 is 19.7 Å². The van der Waals surface area contributed by atoms with Crippen LogP contribution >= 0.6 is 0 Å². The number of carboxylic acids is 1. The maximum atomic E-state index is 13.8. The highest BCUT2D eigenvalue weighted by atomic mass is 19.1.